The first-order valence-corrected chi connectivity index (χ1v) is 5.31. The summed E-state index contributed by atoms with van der Waals surface area (Å²) in [6, 6.07) is 1.80. The molecule has 0 bridgehead atoms. The minimum atomic E-state index is -0.0641. The number of ether oxygens (including phenoxy) is 1. The van der Waals surface area contributed by atoms with Crippen molar-refractivity contribution in [3.8, 4) is 0 Å². The van der Waals surface area contributed by atoms with E-state index in [9.17, 15) is 0 Å². The molecule has 6 nitrogen and oxygen atoms in total. The molecule has 2 rings (SSSR count). The van der Waals surface area contributed by atoms with Gasteiger partial charge >= 0.3 is 0 Å². The predicted molar refractivity (Wildman–Crippen MR) is 60.8 cm³/mol. The minimum absolute atomic E-state index is 0.0641. The molecular weight excluding hydrogens is 206 g/mol. The Balaban J connectivity index is 2.21. The summed E-state index contributed by atoms with van der Waals surface area (Å²) in [5.74, 6) is 6.67. The molecule has 1 fully saturated rings. The van der Waals surface area contributed by atoms with Crippen LogP contribution in [0.3, 0.4) is 0 Å². The summed E-state index contributed by atoms with van der Waals surface area (Å²) >= 11 is 0. The molecule has 1 aliphatic rings. The molecule has 3 N–H and O–H groups in total. The third kappa shape index (κ3) is 2.46. The number of nitrogen functional groups attached to an aromatic ring is 1. The molecule has 0 amide bonds. The molecule has 0 aromatic carbocycles. The van der Waals surface area contributed by atoms with E-state index < -0.39 is 0 Å². The van der Waals surface area contributed by atoms with Gasteiger partial charge in [0.2, 0.25) is 0 Å². The first kappa shape index (κ1) is 11.3. The minimum Gasteiger partial charge on any atom is -0.368 e. The fourth-order valence-corrected chi connectivity index (χ4v) is 1.74. The number of aryl methyl sites for hydroxylation is 1. The molecule has 1 aliphatic heterocycles. The van der Waals surface area contributed by atoms with Crippen molar-refractivity contribution in [2.45, 2.75) is 13.0 Å². The summed E-state index contributed by atoms with van der Waals surface area (Å²) in [4.78, 5) is 10.9. The lowest BCUT2D eigenvalue weighted by molar-refractivity contribution is -0.0254. The average Bonchev–Trinajstić information content (AvgIpc) is 2.28. The van der Waals surface area contributed by atoms with Crippen molar-refractivity contribution in [1.82, 2.24) is 14.9 Å². The zero-order chi connectivity index (χ0) is 11.5. The van der Waals surface area contributed by atoms with Gasteiger partial charge in [-0.25, -0.2) is 15.8 Å². The Morgan fingerprint density at radius 2 is 2.38 bits per heavy atom. The average molecular weight is 223 g/mol. The van der Waals surface area contributed by atoms with E-state index in [-0.39, 0.29) is 6.10 Å². The predicted octanol–water partition coefficient (Wildman–Crippen LogP) is 0.0737. The maximum absolute atomic E-state index is 5.65. The second-order valence-electron chi connectivity index (χ2n) is 4.02. The third-order valence-electron chi connectivity index (χ3n) is 2.58. The number of anilines is 1. The molecule has 0 radical (unpaired) electrons. The molecule has 1 aromatic heterocycles. The third-order valence-corrected chi connectivity index (χ3v) is 2.58. The van der Waals surface area contributed by atoms with E-state index in [0.717, 1.165) is 18.8 Å². The lowest BCUT2D eigenvalue weighted by Crippen LogP contribution is -2.36. The molecule has 6 heteroatoms. The first-order valence-electron chi connectivity index (χ1n) is 5.31. The number of aromatic nitrogens is 2. The van der Waals surface area contributed by atoms with Crippen LogP contribution >= 0.6 is 0 Å². The molecule has 0 saturated carbocycles. The van der Waals surface area contributed by atoms with Crippen molar-refractivity contribution in [3.05, 3.63) is 17.6 Å². The molecule has 0 aliphatic carbocycles. The van der Waals surface area contributed by atoms with Gasteiger partial charge in [-0.15, -0.1) is 0 Å². The summed E-state index contributed by atoms with van der Waals surface area (Å²) in [5, 5.41) is 0. The number of nitrogens with zero attached hydrogens (tertiary/aromatic N) is 3. The van der Waals surface area contributed by atoms with Gasteiger partial charge in [-0.05, 0) is 14.0 Å². The SMILES string of the molecule is Cc1cc(NN)nc(C2CN(C)CCO2)n1. The Morgan fingerprint density at radius 1 is 1.56 bits per heavy atom. The zero-order valence-corrected chi connectivity index (χ0v) is 9.60. The quantitative estimate of drug-likeness (QED) is 0.546. The number of hydrazine groups is 1. The van der Waals surface area contributed by atoms with Gasteiger partial charge in [0.1, 0.15) is 11.9 Å². The van der Waals surface area contributed by atoms with Crippen molar-refractivity contribution in [2.75, 3.05) is 32.2 Å². The molecule has 88 valence electrons. The van der Waals surface area contributed by atoms with E-state index in [4.69, 9.17) is 10.6 Å². The van der Waals surface area contributed by atoms with Crippen LogP contribution in [0.25, 0.3) is 0 Å². The highest BCUT2D eigenvalue weighted by molar-refractivity contribution is 5.34. The Hall–Kier alpha value is -1.24. The van der Waals surface area contributed by atoms with Crippen LogP contribution in [0.5, 0.6) is 0 Å². The Kier molecular flexibility index (Phi) is 3.33. The van der Waals surface area contributed by atoms with Crippen molar-refractivity contribution >= 4 is 5.82 Å². The smallest absolute Gasteiger partial charge is 0.161 e. The largest absolute Gasteiger partial charge is 0.368 e. The van der Waals surface area contributed by atoms with Gasteiger partial charge in [-0.3, -0.25) is 0 Å². The summed E-state index contributed by atoms with van der Waals surface area (Å²) in [6.45, 7) is 4.39. The fourth-order valence-electron chi connectivity index (χ4n) is 1.74. The van der Waals surface area contributed by atoms with Crippen molar-refractivity contribution < 1.29 is 4.74 Å². The molecule has 2 heterocycles. The van der Waals surface area contributed by atoms with Gasteiger partial charge in [0.05, 0.1) is 6.61 Å². The number of hydrogen-bond donors (Lipinski definition) is 2. The van der Waals surface area contributed by atoms with Gasteiger partial charge in [0, 0.05) is 24.8 Å². The second kappa shape index (κ2) is 4.73. The number of nitrogens with two attached hydrogens (primary N) is 1. The standard InChI is InChI=1S/C10H17N5O/c1-7-5-9(14-11)13-10(12-7)8-6-15(2)3-4-16-8/h5,8H,3-4,6,11H2,1-2H3,(H,12,13,14). The highest BCUT2D eigenvalue weighted by Crippen LogP contribution is 2.19. The Morgan fingerprint density at radius 3 is 3.06 bits per heavy atom. The number of rotatable bonds is 2. The van der Waals surface area contributed by atoms with Gasteiger partial charge in [-0.1, -0.05) is 0 Å². The van der Waals surface area contributed by atoms with Crippen molar-refractivity contribution in [2.24, 2.45) is 5.84 Å². The van der Waals surface area contributed by atoms with E-state index in [1.54, 1.807) is 6.07 Å². The van der Waals surface area contributed by atoms with Crippen molar-refractivity contribution in [3.63, 3.8) is 0 Å². The Labute approximate surface area is 94.8 Å². The molecule has 1 aromatic rings. The van der Waals surface area contributed by atoms with E-state index >= 15 is 0 Å². The number of likely N-dealkylation sites (N-methyl/N-ethyl adjacent to an activating group) is 1. The lowest BCUT2D eigenvalue weighted by Gasteiger charge is -2.29. The molecule has 1 saturated heterocycles. The molecule has 1 unspecified atom stereocenters. The van der Waals surface area contributed by atoms with Gasteiger partial charge in [0.15, 0.2) is 5.82 Å². The number of hydrogen-bond acceptors (Lipinski definition) is 6. The van der Waals surface area contributed by atoms with E-state index in [0.29, 0.717) is 18.2 Å². The van der Waals surface area contributed by atoms with E-state index in [1.807, 2.05) is 6.92 Å². The van der Waals surface area contributed by atoms with Crippen LogP contribution in [0.15, 0.2) is 6.07 Å². The highest BCUT2D eigenvalue weighted by Gasteiger charge is 2.22. The summed E-state index contributed by atoms with van der Waals surface area (Å²) in [6.07, 6.45) is -0.0641. The van der Waals surface area contributed by atoms with E-state index in [2.05, 4.69) is 27.3 Å². The molecular formula is C10H17N5O. The molecule has 1 atom stereocenters. The highest BCUT2D eigenvalue weighted by atomic mass is 16.5. The van der Waals surface area contributed by atoms with Crippen LogP contribution in [-0.4, -0.2) is 41.6 Å². The number of nitrogens with one attached hydrogen (secondary N) is 1. The first-order chi connectivity index (χ1) is 7.69. The van der Waals surface area contributed by atoms with Crippen molar-refractivity contribution in [1.29, 1.82) is 0 Å². The Bertz CT molecular complexity index is 370. The topological polar surface area (TPSA) is 76.3 Å². The van der Waals surface area contributed by atoms with Crippen LogP contribution in [0.1, 0.15) is 17.6 Å². The van der Waals surface area contributed by atoms with E-state index in [1.165, 1.54) is 0 Å². The summed E-state index contributed by atoms with van der Waals surface area (Å²) in [7, 11) is 2.06. The maximum Gasteiger partial charge on any atom is 0.161 e. The monoisotopic (exact) mass is 223 g/mol. The summed E-state index contributed by atoms with van der Waals surface area (Å²) in [5.41, 5.74) is 3.42. The summed E-state index contributed by atoms with van der Waals surface area (Å²) < 4.78 is 5.65. The second-order valence-corrected chi connectivity index (χ2v) is 4.02. The van der Waals surface area contributed by atoms with Gasteiger partial charge in [0.25, 0.3) is 0 Å². The van der Waals surface area contributed by atoms with Gasteiger partial charge < -0.3 is 15.1 Å². The normalized spacial score (nSPS) is 22.1. The fraction of sp³-hybridized carbons (Fsp3) is 0.600. The number of morpholine rings is 1. The van der Waals surface area contributed by atoms with Crippen LogP contribution in [0.4, 0.5) is 5.82 Å². The maximum atomic E-state index is 5.65. The van der Waals surface area contributed by atoms with Crippen LogP contribution in [0.2, 0.25) is 0 Å². The molecule has 16 heavy (non-hydrogen) atoms. The van der Waals surface area contributed by atoms with Gasteiger partial charge in [-0.2, -0.15) is 0 Å². The van der Waals surface area contributed by atoms with Crippen LogP contribution < -0.4 is 11.3 Å². The lowest BCUT2D eigenvalue weighted by atomic mass is 10.2. The van der Waals surface area contributed by atoms with Crippen LogP contribution in [0, 0.1) is 6.92 Å². The van der Waals surface area contributed by atoms with Crippen LogP contribution in [-0.2, 0) is 4.74 Å². The zero-order valence-electron chi connectivity index (χ0n) is 9.60. The molecule has 0 spiro atoms.